The third-order valence-electron chi connectivity index (χ3n) is 5.69. The van der Waals surface area contributed by atoms with Crippen LogP contribution in [0, 0.1) is 23.2 Å². The number of hydrogen-bond acceptors (Lipinski definition) is 4. The molecular weight excluding hydrogens is 318 g/mol. The lowest BCUT2D eigenvalue weighted by Gasteiger charge is -2.55. The minimum absolute atomic E-state index is 0.187. The van der Waals surface area contributed by atoms with Crippen molar-refractivity contribution < 1.29 is 14.4 Å². The van der Waals surface area contributed by atoms with Crippen molar-refractivity contribution in [2.75, 3.05) is 12.4 Å². The summed E-state index contributed by atoms with van der Waals surface area (Å²) in [5, 5.41) is 2.87. The van der Waals surface area contributed by atoms with E-state index in [2.05, 4.69) is 10.3 Å². The minimum Gasteiger partial charge on any atom is -0.310 e. The molecule has 2 fully saturated rings. The van der Waals surface area contributed by atoms with E-state index in [1.165, 1.54) is 4.90 Å². The van der Waals surface area contributed by atoms with Crippen LogP contribution in [0.15, 0.2) is 18.3 Å². The first-order valence-electron chi connectivity index (χ1n) is 8.56. The summed E-state index contributed by atoms with van der Waals surface area (Å²) in [5.41, 5.74) is -1.22. The fourth-order valence-electron chi connectivity index (χ4n) is 5.01. The van der Waals surface area contributed by atoms with Crippen LogP contribution in [0.4, 0.5) is 5.82 Å². The molecule has 1 aliphatic carbocycles. The van der Waals surface area contributed by atoms with Gasteiger partial charge in [0.25, 0.3) is 0 Å². The van der Waals surface area contributed by atoms with Crippen molar-refractivity contribution in [2.24, 2.45) is 16.2 Å². The number of piperidine rings is 1. The van der Waals surface area contributed by atoms with E-state index in [0.29, 0.717) is 25.1 Å². The number of carbonyl (C=O) groups is 3. The molecule has 2 heterocycles. The van der Waals surface area contributed by atoms with Crippen molar-refractivity contribution in [1.29, 1.82) is 0 Å². The van der Waals surface area contributed by atoms with Gasteiger partial charge in [-0.1, -0.05) is 20.8 Å². The maximum atomic E-state index is 13.0. The molecule has 1 aromatic heterocycles. The van der Waals surface area contributed by atoms with Gasteiger partial charge >= 0.3 is 0 Å². The second-order valence-electron chi connectivity index (χ2n) is 8.55. The lowest BCUT2D eigenvalue weighted by atomic mass is 9.51. The highest BCUT2D eigenvalue weighted by Gasteiger charge is 2.62. The Morgan fingerprint density at radius 3 is 2.20 bits per heavy atom. The molecule has 2 unspecified atom stereocenters. The first-order chi connectivity index (χ1) is 11.5. The number of likely N-dealkylation sites (tertiary alicyclic amines) is 1. The van der Waals surface area contributed by atoms with Gasteiger partial charge in [-0.25, -0.2) is 4.98 Å². The Morgan fingerprint density at radius 1 is 1.12 bits per heavy atom. The predicted molar refractivity (Wildman–Crippen MR) is 93.6 cm³/mol. The Bertz CT molecular complexity index is 745. The average Bonchev–Trinajstić information content (AvgIpc) is 2.50. The molecule has 0 aromatic carbocycles. The molecule has 1 aromatic rings. The van der Waals surface area contributed by atoms with Crippen LogP contribution in [-0.4, -0.2) is 34.7 Å². The van der Waals surface area contributed by atoms with Crippen LogP contribution in [0.1, 0.15) is 45.6 Å². The van der Waals surface area contributed by atoms with Gasteiger partial charge in [-0.2, -0.15) is 0 Å². The van der Waals surface area contributed by atoms with E-state index in [1.807, 2.05) is 33.8 Å². The molecule has 2 atom stereocenters. The first-order valence-corrected chi connectivity index (χ1v) is 8.56. The number of nitrogens with zero attached hydrogens (tertiary/aromatic N) is 2. The number of pyridine rings is 1. The van der Waals surface area contributed by atoms with Crippen LogP contribution in [0.3, 0.4) is 0 Å². The summed E-state index contributed by atoms with van der Waals surface area (Å²) in [5.74, 6) is -0.0790. The SMILES string of the molecule is Cc1ccnc(NC(=O)C2(C)CC3(C)CC(C)(C2)C(=O)N(C)C3=O)c1. The zero-order valence-corrected chi connectivity index (χ0v) is 15.5. The fraction of sp³-hybridized carbons (Fsp3) is 0.579. The van der Waals surface area contributed by atoms with Crippen LogP contribution >= 0.6 is 0 Å². The number of nitrogens with one attached hydrogen (secondary N) is 1. The number of imide groups is 1. The van der Waals surface area contributed by atoms with E-state index in [9.17, 15) is 14.4 Å². The van der Waals surface area contributed by atoms with Gasteiger partial charge in [0.05, 0.1) is 0 Å². The highest BCUT2D eigenvalue weighted by Crippen LogP contribution is 2.58. The Kier molecular flexibility index (Phi) is 3.78. The largest absolute Gasteiger partial charge is 0.310 e. The summed E-state index contributed by atoms with van der Waals surface area (Å²) in [6.45, 7) is 7.51. The third-order valence-corrected chi connectivity index (χ3v) is 5.69. The number of fused-ring (bicyclic) bond motifs is 2. The van der Waals surface area contributed by atoms with Gasteiger partial charge in [0.1, 0.15) is 5.82 Å². The minimum atomic E-state index is -0.806. The highest BCUT2D eigenvalue weighted by atomic mass is 16.2. The average molecular weight is 343 g/mol. The van der Waals surface area contributed by atoms with Crippen molar-refractivity contribution in [2.45, 2.75) is 47.0 Å². The normalized spacial score (nSPS) is 34.8. The molecular formula is C19H25N3O3. The van der Waals surface area contributed by atoms with Crippen molar-refractivity contribution in [3.8, 4) is 0 Å². The summed E-state index contributed by atoms with van der Waals surface area (Å²) < 4.78 is 0. The molecule has 1 saturated carbocycles. The number of aryl methyl sites for hydroxylation is 1. The van der Waals surface area contributed by atoms with Crippen LogP contribution in [-0.2, 0) is 14.4 Å². The van der Waals surface area contributed by atoms with Crippen LogP contribution in [0.2, 0.25) is 0 Å². The molecule has 134 valence electrons. The van der Waals surface area contributed by atoms with Gasteiger partial charge in [0.15, 0.2) is 0 Å². The van der Waals surface area contributed by atoms with Gasteiger partial charge < -0.3 is 5.32 Å². The Morgan fingerprint density at radius 2 is 1.68 bits per heavy atom. The Hall–Kier alpha value is -2.24. The number of rotatable bonds is 2. The maximum Gasteiger partial charge on any atom is 0.234 e. The molecule has 25 heavy (non-hydrogen) atoms. The van der Waals surface area contributed by atoms with E-state index >= 15 is 0 Å². The molecule has 2 aliphatic rings. The van der Waals surface area contributed by atoms with E-state index in [-0.39, 0.29) is 17.7 Å². The molecule has 1 aliphatic heterocycles. The van der Waals surface area contributed by atoms with E-state index in [4.69, 9.17) is 0 Å². The quantitative estimate of drug-likeness (QED) is 0.837. The Labute approximate surface area is 148 Å². The molecule has 2 bridgehead atoms. The summed E-state index contributed by atoms with van der Waals surface area (Å²) in [4.78, 5) is 43.8. The standard InChI is InChI=1S/C19H25N3O3/c1-12-6-7-20-13(8-12)21-14(23)17(2)9-18(3)11-19(4,10-17)16(25)22(5)15(18)24/h6-8H,9-11H2,1-5H3,(H,20,21,23). The van der Waals surface area contributed by atoms with E-state index in [1.54, 1.807) is 19.3 Å². The number of aromatic nitrogens is 1. The molecule has 1 saturated heterocycles. The van der Waals surface area contributed by atoms with Crippen molar-refractivity contribution in [3.05, 3.63) is 23.9 Å². The van der Waals surface area contributed by atoms with Gasteiger partial charge in [0.2, 0.25) is 17.7 Å². The molecule has 3 rings (SSSR count). The maximum absolute atomic E-state index is 13.0. The monoisotopic (exact) mass is 343 g/mol. The second-order valence-corrected chi connectivity index (χ2v) is 8.55. The van der Waals surface area contributed by atoms with E-state index < -0.39 is 16.2 Å². The predicted octanol–water partition coefficient (Wildman–Crippen LogP) is 2.53. The third kappa shape index (κ3) is 2.73. The first kappa shape index (κ1) is 17.6. The van der Waals surface area contributed by atoms with Crippen LogP contribution < -0.4 is 5.32 Å². The summed E-state index contributed by atoms with van der Waals surface area (Å²) in [7, 11) is 1.54. The Balaban J connectivity index is 1.92. The molecule has 1 N–H and O–H groups in total. The van der Waals surface area contributed by atoms with Crippen molar-refractivity contribution in [1.82, 2.24) is 9.88 Å². The van der Waals surface area contributed by atoms with Crippen molar-refractivity contribution in [3.63, 3.8) is 0 Å². The van der Waals surface area contributed by atoms with Crippen LogP contribution in [0.25, 0.3) is 0 Å². The molecule has 6 nitrogen and oxygen atoms in total. The molecule has 6 heteroatoms. The van der Waals surface area contributed by atoms with Gasteiger partial charge in [0, 0.05) is 29.5 Å². The summed E-state index contributed by atoms with van der Waals surface area (Å²) in [6, 6.07) is 3.66. The fourth-order valence-corrected chi connectivity index (χ4v) is 5.01. The van der Waals surface area contributed by atoms with Gasteiger partial charge in [-0.05, 0) is 43.9 Å². The lowest BCUT2D eigenvalue weighted by Crippen LogP contribution is -2.63. The number of carbonyl (C=O) groups excluding carboxylic acids is 3. The van der Waals surface area contributed by atoms with Crippen molar-refractivity contribution >= 4 is 23.5 Å². The van der Waals surface area contributed by atoms with E-state index in [0.717, 1.165) is 5.56 Å². The summed E-state index contributed by atoms with van der Waals surface area (Å²) >= 11 is 0. The highest BCUT2D eigenvalue weighted by molar-refractivity contribution is 6.05. The molecule has 0 radical (unpaired) electrons. The van der Waals surface area contributed by atoms with Crippen LogP contribution in [0.5, 0.6) is 0 Å². The topological polar surface area (TPSA) is 79.4 Å². The zero-order chi connectivity index (χ0) is 18.6. The zero-order valence-electron chi connectivity index (χ0n) is 15.5. The number of hydrogen-bond donors (Lipinski definition) is 1. The lowest BCUT2D eigenvalue weighted by molar-refractivity contribution is -0.177. The molecule has 3 amide bonds. The number of anilines is 1. The number of amides is 3. The molecule has 0 spiro atoms. The smallest absolute Gasteiger partial charge is 0.234 e. The van der Waals surface area contributed by atoms with Gasteiger partial charge in [-0.15, -0.1) is 0 Å². The van der Waals surface area contributed by atoms with Gasteiger partial charge in [-0.3, -0.25) is 19.3 Å². The second kappa shape index (κ2) is 5.38. The summed E-state index contributed by atoms with van der Waals surface area (Å²) in [6.07, 6.45) is 2.98.